The molecule has 0 aliphatic rings. The standard InChI is InChI=1S/C16H23N3O2/c1-4-5-9-21-11-15(20)19(3)10-14-17-13-8-6-7-12(2)16(13)18-14/h6-8H,4-5,9-11H2,1-3H3,(H,17,18). The number of unbranched alkanes of at least 4 members (excludes halogenated alkanes) is 1. The topological polar surface area (TPSA) is 58.2 Å². The Kier molecular flexibility index (Phi) is 5.33. The highest BCUT2D eigenvalue weighted by Crippen LogP contribution is 2.16. The summed E-state index contributed by atoms with van der Waals surface area (Å²) in [5, 5.41) is 0. The van der Waals surface area contributed by atoms with Crippen molar-refractivity contribution < 1.29 is 9.53 Å². The van der Waals surface area contributed by atoms with Gasteiger partial charge in [-0.3, -0.25) is 4.79 Å². The van der Waals surface area contributed by atoms with Gasteiger partial charge in [0.15, 0.2) is 0 Å². The monoisotopic (exact) mass is 289 g/mol. The number of amides is 1. The molecule has 0 saturated carbocycles. The third-order valence-electron chi connectivity index (χ3n) is 3.44. The van der Waals surface area contributed by atoms with Crippen molar-refractivity contribution in [2.24, 2.45) is 0 Å². The molecular formula is C16H23N3O2. The Morgan fingerprint density at radius 2 is 2.24 bits per heavy atom. The van der Waals surface area contributed by atoms with Crippen LogP contribution in [-0.4, -0.2) is 41.0 Å². The molecule has 0 radical (unpaired) electrons. The van der Waals surface area contributed by atoms with E-state index in [1.807, 2.05) is 25.1 Å². The first-order valence-electron chi connectivity index (χ1n) is 7.37. The molecule has 0 aliphatic carbocycles. The highest BCUT2D eigenvalue weighted by molar-refractivity contribution is 5.79. The lowest BCUT2D eigenvalue weighted by molar-refractivity contribution is -0.135. The molecule has 2 rings (SSSR count). The van der Waals surface area contributed by atoms with Gasteiger partial charge < -0.3 is 14.6 Å². The molecule has 1 heterocycles. The van der Waals surface area contributed by atoms with Crippen LogP contribution in [-0.2, 0) is 16.1 Å². The molecular weight excluding hydrogens is 266 g/mol. The third kappa shape index (κ3) is 4.04. The summed E-state index contributed by atoms with van der Waals surface area (Å²) < 4.78 is 5.35. The number of aryl methyl sites for hydroxylation is 1. The predicted molar refractivity (Wildman–Crippen MR) is 83.0 cm³/mol. The number of imidazole rings is 1. The number of rotatable bonds is 7. The number of aromatic nitrogens is 2. The average molecular weight is 289 g/mol. The van der Waals surface area contributed by atoms with Crippen molar-refractivity contribution in [2.75, 3.05) is 20.3 Å². The number of likely N-dealkylation sites (N-methyl/N-ethyl adjacent to an activating group) is 1. The second-order valence-corrected chi connectivity index (χ2v) is 5.31. The molecule has 0 unspecified atom stereocenters. The molecule has 0 fully saturated rings. The molecule has 21 heavy (non-hydrogen) atoms. The normalized spacial score (nSPS) is 11.0. The number of aromatic amines is 1. The molecule has 5 nitrogen and oxygen atoms in total. The van der Waals surface area contributed by atoms with E-state index in [1.54, 1.807) is 11.9 Å². The van der Waals surface area contributed by atoms with Crippen molar-refractivity contribution in [2.45, 2.75) is 33.2 Å². The fraction of sp³-hybridized carbons (Fsp3) is 0.500. The SMILES string of the molecule is CCCCOCC(=O)N(C)Cc1nc2c(C)cccc2[nH]1. The van der Waals surface area contributed by atoms with Crippen molar-refractivity contribution in [3.8, 4) is 0 Å². The van der Waals surface area contributed by atoms with Crippen LogP contribution in [0.2, 0.25) is 0 Å². The number of hydrogen-bond acceptors (Lipinski definition) is 3. The summed E-state index contributed by atoms with van der Waals surface area (Å²) in [6, 6.07) is 6.02. The third-order valence-corrected chi connectivity index (χ3v) is 3.44. The molecule has 0 saturated heterocycles. The molecule has 0 bridgehead atoms. The van der Waals surface area contributed by atoms with Crippen molar-refractivity contribution in [1.29, 1.82) is 0 Å². The fourth-order valence-electron chi connectivity index (χ4n) is 2.13. The van der Waals surface area contributed by atoms with E-state index in [1.165, 1.54) is 0 Å². The van der Waals surface area contributed by atoms with Crippen molar-refractivity contribution in [1.82, 2.24) is 14.9 Å². The molecule has 5 heteroatoms. The second kappa shape index (κ2) is 7.22. The zero-order valence-corrected chi connectivity index (χ0v) is 13.0. The Morgan fingerprint density at radius 1 is 1.43 bits per heavy atom. The average Bonchev–Trinajstić information content (AvgIpc) is 2.87. The Balaban J connectivity index is 1.93. The maximum absolute atomic E-state index is 12.0. The van der Waals surface area contributed by atoms with E-state index in [9.17, 15) is 4.79 Å². The summed E-state index contributed by atoms with van der Waals surface area (Å²) in [4.78, 5) is 21.4. The summed E-state index contributed by atoms with van der Waals surface area (Å²) in [6.07, 6.45) is 2.06. The van der Waals surface area contributed by atoms with Crippen LogP contribution in [0.4, 0.5) is 0 Å². The van der Waals surface area contributed by atoms with Gasteiger partial charge >= 0.3 is 0 Å². The zero-order chi connectivity index (χ0) is 15.2. The highest BCUT2D eigenvalue weighted by Gasteiger charge is 2.12. The number of nitrogens with one attached hydrogen (secondary N) is 1. The van der Waals surface area contributed by atoms with Gasteiger partial charge in [0.1, 0.15) is 12.4 Å². The van der Waals surface area contributed by atoms with Crippen LogP contribution >= 0.6 is 0 Å². The number of benzene rings is 1. The van der Waals surface area contributed by atoms with E-state index in [4.69, 9.17) is 4.74 Å². The number of nitrogens with zero attached hydrogens (tertiary/aromatic N) is 2. The van der Waals surface area contributed by atoms with Gasteiger partial charge in [0, 0.05) is 13.7 Å². The Hall–Kier alpha value is -1.88. The van der Waals surface area contributed by atoms with Crippen LogP contribution in [0.5, 0.6) is 0 Å². The van der Waals surface area contributed by atoms with E-state index < -0.39 is 0 Å². The highest BCUT2D eigenvalue weighted by atomic mass is 16.5. The Labute approximate surface area is 125 Å². The van der Waals surface area contributed by atoms with Gasteiger partial charge in [0.2, 0.25) is 5.91 Å². The molecule has 114 valence electrons. The molecule has 0 spiro atoms. The maximum Gasteiger partial charge on any atom is 0.248 e. The molecule has 1 aromatic carbocycles. The number of ether oxygens (including phenoxy) is 1. The zero-order valence-electron chi connectivity index (χ0n) is 13.0. The van der Waals surface area contributed by atoms with Gasteiger partial charge in [-0.05, 0) is 25.0 Å². The Bertz CT molecular complexity index is 607. The van der Waals surface area contributed by atoms with Crippen molar-refractivity contribution in [3.63, 3.8) is 0 Å². The van der Waals surface area contributed by atoms with Crippen LogP contribution in [0.25, 0.3) is 11.0 Å². The number of para-hydroxylation sites is 1. The first-order valence-corrected chi connectivity index (χ1v) is 7.37. The van der Waals surface area contributed by atoms with E-state index in [0.717, 1.165) is 35.3 Å². The van der Waals surface area contributed by atoms with Gasteiger partial charge in [-0.1, -0.05) is 25.5 Å². The minimum Gasteiger partial charge on any atom is -0.372 e. The second-order valence-electron chi connectivity index (χ2n) is 5.31. The van der Waals surface area contributed by atoms with E-state index >= 15 is 0 Å². The number of carbonyl (C=O) groups excluding carboxylic acids is 1. The van der Waals surface area contributed by atoms with E-state index in [-0.39, 0.29) is 12.5 Å². The summed E-state index contributed by atoms with van der Waals surface area (Å²) in [7, 11) is 1.77. The fourth-order valence-corrected chi connectivity index (χ4v) is 2.13. The molecule has 0 aliphatic heterocycles. The first kappa shape index (κ1) is 15.5. The van der Waals surface area contributed by atoms with Crippen LogP contribution in [0, 0.1) is 6.92 Å². The summed E-state index contributed by atoms with van der Waals surface area (Å²) >= 11 is 0. The molecule has 0 atom stereocenters. The summed E-state index contributed by atoms with van der Waals surface area (Å²) in [5.74, 6) is 0.770. The van der Waals surface area contributed by atoms with Gasteiger partial charge in [-0.2, -0.15) is 0 Å². The smallest absolute Gasteiger partial charge is 0.248 e. The number of fused-ring (bicyclic) bond motifs is 1. The maximum atomic E-state index is 12.0. The number of H-pyrrole nitrogens is 1. The lowest BCUT2D eigenvalue weighted by atomic mass is 10.2. The lowest BCUT2D eigenvalue weighted by Crippen LogP contribution is -2.30. The summed E-state index contributed by atoms with van der Waals surface area (Å²) in [6.45, 7) is 5.37. The van der Waals surface area contributed by atoms with Crippen molar-refractivity contribution >= 4 is 16.9 Å². The minimum atomic E-state index is -0.0247. The van der Waals surface area contributed by atoms with Crippen LogP contribution in [0.1, 0.15) is 31.2 Å². The number of carbonyl (C=O) groups is 1. The van der Waals surface area contributed by atoms with Gasteiger partial charge in [-0.25, -0.2) is 4.98 Å². The van der Waals surface area contributed by atoms with Crippen LogP contribution in [0.3, 0.4) is 0 Å². The lowest BCUT2D eigenvalue weighted by Gasteiger charge is -2.15. The van der Waals surface area contributed by atoms with Crippen molar-refractivity contribution in [3.05, 3.63) is 29.6 Å². The molecule has 1 N–H and O–H groups in total. The quantitative estimate of drug-likeness (QED) is 0.797. The van der Waals surface area contributed by atoms with Crippen LogP contribution in [0.15, 0.2) is 18.2 Å². The number of hydrogen-bond donors (Lipinski definition) is 1. The van der Waals surface area contributed by atoms with Gasteiger partial charge in [0.05, 0.1) is 17.6 Å². The molecule has 1 amide bonds. The Morgan fingerprint density at radius 3 is 2.95 bits per heavy atom. The van der Waals surface area contributed by atoms with E-state index in [0.29, 0.717) is 13.2 Å². The van der Waals surface area contributed by atoms with E-state index in [2.05, 4.69) is 16.9 Å². The van der Waals surface area contributed by atoms with Crippen LogP contribution < -0.4 is 0 Å². The summed E-state index contributed by atoms with van der Waals surface area (Å²) in [5.41, 5.74) is 3.10. The molecule has 1 aromatic heterocycles. The largest absolute Gasteiger partial charge is 0.372 e. The molecule has 2 aromatic rings. The van der Waals surface area contributed by atoms with Gasteiger partial charge in [-0.15, -0.1) is 0 Å². The minimum absolute atomic E-state index is 0.0247. The predicted octanol–water partition coefficient (Wildman–Crippen LogP) is 2.65. The first-order chi connectivity index (χ1) is 10.1. The van der Waals surface area contributed by atoms with Gasteiger partial charge in [0.25, 0.3) is 0 Å².